The monoisotopic (exact) mass is 390 g/mol. The minimum atomic E-state index is -0.0437. The molecular weight excluding hydrogens is 373 g/mol. The Labute approximate surface area is 177 Å². The molecule has 1 N–H and O–H groups in total. The standard InChI is InChI=1S/C13H9NO2.C11H9NO.Be/c15-11-7-3-1-5-9(11)13-14-10-6-2-4-8-12(10)16-13;13-11-7-2-1-5-9(11)10-6-3-4-8-12-10;/h1-8,15H;1-8,13H;/q;;+2/p-1. The Morgan fingerprint density at radius 1 is 0.667 bits per heavy atom. The normalized spacial score (nSPS) is 10.0. The summed E-state index contributed by atoms with van der Waals surface area (Å²) in [5.74, 6) is 0.478. The van der Waals surface area contributed by atoms with Gasteiger partial charge in [0.05, 0.1) is 11.3 Å². The van der Waals surface area contributed by atoms with Gasteiger partial charge in [-0.3, -0.25) is 4.98 Å². The summed E-state index contributed by atoms with van der Waals surface area (Å²) < 4.78 is 5.58. The van der Waals surface area contributed by atoms with Crippen LogP contribution < -0.4 is 15.2 Å². The van der Waals surface area contributed by atoms with Gasteiger partial charge in [-0.15, -0.1) is 0 Å². The van der Waals surface area contributed by atoms with E-state index in [4.69, 9.17) is 4.42 Å². The predicted octanol–water partition coefficient (Wildman–Crippen LogP) is 3.43. The topological polar surface area (TPSA) is 86.3 Å². The van der Waals surface area contributed by atoms with Crippen molar-refractivity contribution in [1.29, 1.82) is 0 Å². The van der Waals surface area contributed by atoms with Crippen molar-refractivity contribution in [2.75, 3.05) is 0 Å². The first kappa shape index (κ1) is 20.8. The fourth-order valence-electron chi connectivity index (χ4n) is 2.89. The zero-order valence-corrected chi connectivity index (χ0v) is 16.1. The van der Waals surface area contributed by atoms with E-state index in [9.17, 15) is 10.2 Å². The number of para-hydroxylation sites is 4. The number of oxazole rings is 1. The van der Waals surface area contributed by atoms with Crippen LogP contribution in [0.5, 0.6) is 11.5 Å². The van der Waals surface area contributed by atoms with Gasteiger partial charge in [-0.25, -0.2) is 0 Å². The van der Waals surface area contributed by atoms with Crippen LogP contribution in [0.1, 0.15) is 0 Å². The molecule has 0 radical (unpaired) electrons. The van der Waals surface area contributed by atoms with Crippen molar-refractivity contribution in [3.05, 3.63) is 97.2 Å². The van der Waals surface area contributed by atoms with E-state index in [1.807, 2.05) is 54.6 Å². The minimum absolute atomic E-state index is 0. The first-order valence-corrected chi connectivity index (χ1v) is 9.07. The van der Waals surface area contributed by atoms with E-state index in [2.05, 4.69) is 9.97 Å². The van der Waals surface area contributed by atoms with Crippen LogP contribution in [0.4, 0.5) is 0 Å². The molecule has 30 heavy (non-hydrogen) atoms. The Hall–Kier alpha value is -3.95. The molecule has 3 aromatic carbocycles. The molecule has 0 aliphatic heterocycles. The minimum Gasteiger partial charge on any atom is -0.872 e. The number of benzene rings is 3. The molecule has 0 spiro atoms. The van der Waals surface area contributed by atoms with E-state index >= 15 is 0 Å². The molecule has 2 aromatic heterocycles. The quantitative estimate of drug-likeness (QED) is 0.432. The van der Waals surface area contributed by atoms with Crippen LogP contribution in [0, 0.1) is 0 Å². The van der Waals surface area contributed by atoms with Crippen LogP contribution in [0.25, 0.3) is 33.8 Å². The van der Waals surface area contributed by atoms with Crippen molar-refractivity contribution in [3.8, 4) is 34.2 Å². The van der Waals surface area contributed by atoms with Crippen molar-refractivity contribution >= 4 is 21.2 Å². The Kier molecular flexibility index (Phi) is 6.58. The van der Waals surface area contributed by atoms with Crippen molar-refractivity contribution in [3.63, 3.8) is 0 Å². The van der Waals surface area contributed by atoms with E-state index in [0.29, 0.717) is 17.0 Å². The van der Waals surface area contributed by atoms with Crippen molar-refractivity contribution in [2.24, 2.45) is 0 Å². The molecule has 5 aromatic rings. The average Bonchev–Trinajstić information content (AvgIpc) is 3.19. The molecule has 6 heteroatoms. The van der Waals surface area contributed by atoms with E-state index in [-0.39, 0.29) is 21.6 Å². The predicted molar refractivity (Wildman–Crippen MR) is 113 cm³/mol. The number of fused-ring (bicyclic) bond motifs is 1. The molecule has 5 nitrogen and oxygen atoms in total. The van der Waals surface area contributed by atoms with Gasteiger partial charge >= 0.3 is 16.0 Å². The van der Waals surface area contributed by atoms with E-state index in [1.54, 1.807) is 36.5 Å². The van der Waals surface area contributed by atoms with E-state index < -0.39 is 0 Å². The van der Waals surface area contributed by atoms with Gasteiger partial charge in [0, 0.05) is 12.3 Å². The maximum Gasteiger partial charge on any atom is 2.00 e. The summed E-state index contributed by atoms with van der Waals surface area (Å²) in [5, 5.41) is 23.0. The average molecular weight is 390 g/mol. The van der Waals surface area contributed by atoms with E-state index in [1.165, 1.54) is 6.07 Å². The molecular formula is C24H17BeN2O3+. The number of hydrogen-bond donors (Lipinski definition) is 0. The fourth-order valence-corrected chi connectivity index (χ4v) is 2.89. The van der Waals surface area contributed by atoms with Gasteiger partial charge in [0.25, 0.3) is 0 Å². The van der Waals surface area contributed by atoms with Crippen LogP contribution in [-0.2, 0) is 0 Å². The van der Waals surface area contributed by atoms with Crippen molar-refractivity contribution in [1.82, 2.24) is 4.98 Å². The summed E-state index contributed by atoms with van der Waals surface area (Å²) in [5.41, 5.74) is 3.58. The van der Waals surface area contributed by atoms with Crippen LogP contribution >= 0.6 is 0 Å². The zero-order chi connectivity index (χ0) is 20.1. The zero-order valence-electron chi connectivity index (χ0n) is 16.1. The Bertz CT molecular complexity index is 1210. The number of nitrogens with one attached hydrogen (secondary N) is 1. The largest absolute Gasteiger partial charge is 2.00 e. The van der Waals surface area contributed by atoms with Gasteiger partial charge in [-0.1, -0.05) is 72.2 Å². The van der Waals surface area contributed by atoms with Gasteiger partial charge in [-0.2, -0.15) is 4.98 Å². The van der Waals surface area contributed by atoms with Crippen LogP contribution in [0.2, 0.25) is 0 Å². The summed E-state index contributed by atoms with van der Waals surface area (Å²) in [6.45, 7) is 0. The number of H-pyrrole nitrogens is 1. The van der Waals surface area contributed by atoms with Gasteiger partial charge in [0.2, 0.25) is 11.1 Å². The van der Waals surface area contributed by atoms with Crippen LogP contribution in [0.15, 0.2) is 102 Å². The Morgan fingerprint density at radius 3 is 1.90 bits per heavy atom. The first-order valence-electron chi connectivity index (χ1n) is 9.07. The third-order valence-corrected chi connectivity index (χ3v) is 4.31. The van der Waals surface area contributed by atoms with Crippen LogP contribution in [0.3, 0.4) is 0 Å². The summed E-state index contributed by atoms with van der Waals surface area (Å²) in [4.78, 5) is 7.20. The van der Waals surface area contributed by atoms with Crippen molar-refractivity contribution in [2.45, 2.75) is 0 Å². The number of aromatic amines is 1. The van der Waals surface area contributed by atoms with Crippen molar-refractivity contribution < 1.29 is 19.6 Å². The molecule has 0 bridgehead atoms. The molecule has 0 unspecified atom stereocenters. The summed E-state index contributed by atoms with van der Waals surface area (Å²) in [6.07, 6.45) is 1.68. The van der Waals surface area contributed by atoms with Crippen LogP contribution in [-0.4, -0.2) is 15.1 Å². The summed E-state index contributed by atoms with van der Waals surface area (Å²) >= 11 is 0. The second-order valence-electron chi connectivity index (χ2n) is 6.26. The maximum atomic E-state index is 11.6. The SMILES string of the molecule is [Be+2].[O-]c1ccccc1-c1[nH+]c2ccccc2o1.[O-]c1ccccc1-c1ccccn1. The molecule has 5 rings (SSSR count). The second-order valence-corrected chi connectivity index (χ2v) is 6.26. The molecule has 142 valence electrons. The third kappa shape index (κ3) is 4.54. The fraction of sp³-hybridized carbons (Fsp3) is 0. The third-order valence-electron chi connectivity index (χ3n) is 4.31. The van der Waals surface area contributed by atoms with Gasteiger partial charge < -0.3 is 14.6 Å². The van der Waals surface area contributed by atoms with E-state index in [0.717, 1.165) is 16.8 Å². The summed E-state index contributed by atoms with van der Waals surface area (Å²) in [7, 11) is 0. The molecule has 2 heterocycles. The Balaban J connectivity index is 0.000000169. The maximum absolute atomic E-state index is 11.6. The molecule has 0 saturated heterocycles. The molecule has 0 fully saturated rings. The number of pyridine rings is 1. The van der Waals surface area contributed by atoms with Gasteiger partial charge in [0.15, 0.2) is 0 Å². The summed E-state index contributed by atoms with van der Waals surface area (Å²) in [6, 6.07) is 26.8. The molecule has 0 atom stereocenters. The number of nitrogens with zero attached hydrogens (tertiary/aromatic N) is 1. The first-order chi connectivity index (χ1) is 14.2. The molecule has 0 saturated carbocycles. The van der Waals surface area contributed by atoms with Gasteiger partial charge in [0.1, 0.15) is 0 Å². The molecule has 0 aliphatic carbocycles. The second kappa shape index (κ2) is 9.50. The molecule has 0 amide bonds. The number of hydrogen-bond acceptors (Lipinski definition) is 4. The smallest absolute Gasteiger partial charge is 0.872 e. The number of aromatic nitrogens is 2. The number of rotatable bonds is 2. The molecule has 0 aliphatic rings. The van der Waals surface area contributed by atoms with Gasteiger partial charge in [-0.05, 0) is 29.8 Å². The Morgan fingerprint density at radius 2 is 1.27 bits per heavy atom.